The predicted octanol–water partition coefficient (Wildman–Crippen LogP) is 6.71. The topological polar surface area (TPSA) is 49.7 Å². The van der Waals surface area contributed by atoms with Gasteiger partial charge in [0.15, 0.2) is 0 Å². The molecule has 1 aliphatic heterocycles. The molecule has 5 rings (SSSR count). The van der Waals surface area contributed by atoms with Crippen molar-refractivity contribution < 1.29 is 13.9 Å². The van der Waals surface area contributed by atoms with Gasteiger partial charge in [-0.25, -0.2) is 4.39 Å². The van der Waals surface area contributed by atoms with Crippen molar-refractivity contribution in [2.24, 2.45) is 0 Å². The molecule has 1 aromatic heterocycles. The minimum absolute atomic E-state index is 0.0285. The van der Waals surface area contributed by atoms with Gasteiger partial charge in [0, 0.05) is 49.9 Å². The van der Waals surface area contributed by atoms with Crippen LogP contribution in [-0.4, -0.2) is 59.1 Å². The molecule has 6 nitrogen and oxygen atoms in total. The molecular weight excluding hydrogens is 539 g/mol. The number of fused-ring (bicyclic) bond motifs is 1. The molecule has 1 N–H and O–H groups in total. The highest BCUT2D eigenvalue weighted by Crippen LogP contribution is 2.31. The number of ether oxygens (including phenoxy) is 1. The quantitative estimate of drug-likeness (QED) is 0.213. The van der Waals surface area contributed by atoms with E-state index in [0.717, 1.165) is 85.5 Å². The van der Waals surface area contributed by atoms with Gasteiger partial charge in [-0.2, -0.15) is 0 Å². The Morgan fingerprint density at radius 2 is 1.72 bits per heavy atom. The molecule has 1 aliphatic rings. The Hall–Kier alpha value is -3.68. The van der Waals surface area contributed by atoms with Crippen molar-refractivity contribution in [3.05, 3.63) is 100 Å². The highest BCUT2D eigenvalue weighted by molar-refractivity contribution is 6.08. The van der Waals surface area contributed by atoms with E-state index >= 15 is 0 Å². The van der Waals surface area contributed by atoms with Crippen LogP contribution in [0.25, 0.3) is 10.9 Å². The largest absolute Gasteiger partial charge is 0.489 e. The van der Waals surface area contributed by atoms with Gasteiger partial charge in [-0.05, 0) is 83.4 Å². The number of hydrogen-bond donors (Lipinski definition) is 1. The lowest BCUT2D eigenvalue weighted by Crippen LogP contribution is -2.31. The number of carbonyl (C=O) groups is 1. The molecule has 0 aliphatic carbocycles. The summed E-state index contributed by atoms with van der Waals surface area (Å²) in [5.41, 5.74) is 5.74. The molecule has 0 spiro atoms. The third kappa shape index (κ3) is 7.84. The van der Waals surface area contributed by atoms with E-state index in [4.69, 9.17) is 4.74 Å². The Morgan fingerprint density at radius 1 is 0.953 bits per heavy atom. The molecule has 3 aromatic carbocycles. The number of carbonyl (C=O) groups excluding carboxylic acids is 1. The Morgan fingerprint density at radius 3 is 2.51 bits per heavy atom. The summed E-state index contributed by atoms with van der Waals surface area (Å²) in [6.07, 6.45) is 4.04. The number of nitrogens with one attached hydrogen (secondary N) is 1. The SMILES string of the molecule is Cc1cccc(CNC(=O)c2cn(CCCN3CCCN(Cc4c(C)cccc4F)CC3)c3c(OC(C)C)cccc23)c1. The fraction of sp³-hybridized carbons (Fsp3) is 0.417. The van der Waals surface area contributed by atoms with Crippen molar-refractivity contribution >= 4 is 16.8 Å². The third-order valence-electron chi connectivity index (χ3n) is 8.29. The molecule has 7 heteroatoms. The van der Waals surface area contributed by atoms with Gasteiger partial charge in [0.05, 0.1) is 17.2 Å². The molecule has 2 heterocycles. The maximum atomic E-state index is 14.4. The van der Waals surface area contributed by atoms with E-state index in [2.05, 4.69) is 38.7 Å². The van der Waals surface area contributed by atoms with E-state index in [0.29, 0.717) is 18.7 Å². The normalized spacial score (nSPS) is 14.7. The van der Waals surface area contributed by atoms with Crippen molar-refractivity contribution in [2.45, 2.75) is 66.3 Å². The maximum absolute atomic E-state index is 14.4. The summed E-state index contributed by atoms with van der Waals surface area (Å²) in [4.78, 5) is 18.3. The first-order valence-electron chi connectivity index (χ1n) is 15.6. The van der Waals surface area contributed by atoms with Gasteiger partial charge in [0.1, 0.15) is 11.6 Å². The minimum Gasteiger partial charge on any atom is -0.489 e. The van der Waals surface area contributed by atoms with E-state index < -0.39 is 0 Å². The lowest BCUT2D eigenvalue weighted by atomic mass is 10.1. The first-order chi connectivity index (χ1) is 20.8. The second-order valence-corrected chi connectivity index (χ2v) is 12.1. The molecule has 1 saturated heterocycles. The molecule has 0 atom stereocenters. The van der Waals surface area contributed by atoms with Crippen LogP contribution in [0.2, 0.25) is 0 Å². The van der Waals surface area contributed by atoms with E-state index in [-0.39, 0.29) is 17.8 Å². The Kier molecular flexibility index (Phi) is 10.2. The summed E-state index contributed by atoms with van der Waals surface area (Å²) in [7, 11) is 0. The van der Waals surface area contributed by atoms with Gasteiger partial charge in [-0.1, -0.05) is 54.1 Å². The molecule has 1 fully saturated rings. The number of amides is 1. The zero-order valence-electron chi connectivity index (χ0n) is 26.0. The highest BCUT2D eigenvalue weighted by atomic mass is 19.1. The van der Waals surface area contributed by atoms with Crippen LogP contribution in [0.3, 0.4) is 0 Å². The smallest absolute Gasteiger partial charge is 0.253 e. The van der Waals surface area contributed by atoms with E-state index in [1.165, 1.54) is 5.56 Å². The fourth-order valence-electron chi connectivity index (χ4n) is 6.09. The number of rotatable bonds is 11. The summed E-state index contributed by atoms with van der Waals surface area (Å²) in [6, 6.07) is 19.5. The summed E-state index contributed by atoms with van der Waals surface area (Å²) >= 11 is 0. The molecule has 0 radical (unpaired) electrons. The van der Waals surface area contributed by atoms with Crippen LogP contribution in [0.15, 0.2) is 66.9 Å². The number of nitrogens with zero attached hydrogens (tertiary/aromatic N) is 3. The van der Waals surface area contributed by atoms with E-state index in [1.807, 2.05) is 63.4 Å². The zero-order chi connectivity index (χ0) is 30.3. The predicted molar refractivity (Wildman–Crippen MR) is 172 cm³/mol. The molecule has 228 valence electrons. The average Bonchev–Trinajstić information content (AvgIpc) is 3.20. The molecule has 0 bridgehead atoms. The number of halogens is 1. The van der Waals surface area contributed by atoms with Gasteiger partial charge in [-0.15, -0.1) is 0 Å². The van der Waals surface area contributed by atoms with E-state index in [1.54, 1.807) is 12.1 Å². The van der Waals surface area contributed by atoms with Crippen molar-refractivity contribution in [1.82, 2.24) is 19.7 Å². The van der Waals surface area contributed by atoms with E-state index in [9.17, 15) is 9.18 Å². The van der Waals surface area contributed by atoms with Crippen LogP contribution in [0.5, 0.6) is 5.75 Å². The lowest BCUT2D eigenvalue weighted by molar-refractivity contribution is 0.0952. The van der Waals surface area contributed by atoms with Crippen LogP contribution in [0.1, 0.15) is 59.3 Å². The van der Waals surface area contributed by atoms with Crippen molar-refractivity contribution in [3.8, 4) is 5.75 Å². The molecule has 43 heavy (non-hydrogen) atoms. The maximum Gasteiger partial charge on any atom is 0.253 e. The molecule has 1 amide bonds. The summed E-state index contributed by atoms with van der Waals surface area (Å²) in [6.45, 7) is 14.9. The molecule has 4 aromatic rings. The molecule has 0 unspecified atom stereocenters. The van der Waals surface area contributed by atoms with Crippen LogP contribution in [0.4, 0.5) is 4.39 Å². The molecule has 0 saturated carbocycles. The molecular formula is C36H45FN4O2. The number of aryl methyl sites for hydroxylation is 3. The second kappa shape index (κ2) is 14.2. The number of aromatic nitrogens is 1. The highest BCUT2D eigenvalue weighted by Gasteiger charge is 2.20. The minimum atomic E-state index is -0.107. The second-order valence-electron chi connectivity index (χ2n) is 12.1. The number of para-hydroxylation sites is 1. The van der Waals surface area contributed by atoms with Gasteiger partial charge in [-0.3, -0.25) is 9.69 Å². The van der Waals surface area contributed by atoms with Gasteiger partial charge in [0.2, 0.25) is 0 Å². The van der Waals surface area contributed by atoms with Gasteiger partial charge < -0.3 is 19.5 Å². The summed E-state index contributed by atoms with van der Waals surface area (Å²) in [5, 5.41) is 4.03. The Labute approximate surface area is 255 Å². The standard InChI is InChI=1S/C36H45FN4O2/c1-26(2)43-34-15-7-13-30-32(36(42)38-23-29-12-5-10-27(3)22-29)25-41(35(30)34)19-9-17-39-16-8-18-40(21-20-39)24-31-28(4)11-6-14-33(31)37/h5-7,10-15,22,25-26H,8-9,16-21,23-24H2,1-4H3,(H,38,42). The number of benzene rings is 3. The van der Waals surface area contributed by atoms with Crippen molar-refractivity contribution in [1.29, 1.82) is 0 Å². The Bertz CT molecular complexity index is 1530. The van der Waals surface area contributed by atoms with Crippen LogP contribution in [0, 0.1) is 19.7 Å². The number of hydrogen-bond acceptors (Lipinski definition) is 4. The monoisotopic (exact) mass is 584 g/mol. The van der Waals surface area contributed by atoms with Crippen LogP contribution in [-0.2, 0) is 19.6 Å². The van der Waals surface area contributed by atoms with Crippen LogP contribution >= 0.6 is 0 Å². The zero-order valence-corrected chi connectivity index (χ0v) is 26.0. The van der Waals surface area contributed by atoms with Gasteiger partial charge >= 0.3 is 0 Å². The van der Waals surface area contributed by atoms with Crippen molar-refractivity contribution in [2.75, 3.05) is 32.7 Å². The third-order valence-corrected chi connectivity index (χ3v) is 8.29. The lowest BCUT2D eigenvalue weighted by Gasteiger charge is -2.23. The first-order valence-corrected chi connectivity index (χ1v) is 15.6. The van der Waals surface area contributed by atoms with Crippen molar-refractivity contribution in [3.63, 3.8) is 0 Å². The van der Waals surface area contributed by atoms with Gasteiger partial charge in [0.25, 0.3) is 5.91 Å². The fourth-order valence-corrected chi connectivity index (χ4v) is 6.09. The first kappa shape index (κ1) is 30.8. The Balaban J connectivity index is 1.25. The summed E-state index contributed by atoms with van der Waals surface area (Å²) in [5.74, 6) is 0.618. The average molecular weight is 585 g/mol. The summed E-state index contributed by atoms with van der Waals surface area (Å²) < 4.78 is 22.8. The van der Waals surface area contributed by atoms with Crippen LogP contribution < -0.4 is 10.1 Å².